The number of aromatic amines is 1. The van der Waals surface area contributed by atoms with Crippen LogP contribution in [-0.4, -0.2) is 33.6 Å². The molecule has 2 aromatic carbocycles. The summed E-state index contributed by atoms with van der Waals surface area (Å²) in [5.41, 5.74) is 3.06. The second-order valence-electron chi connectivity index (χ2n) is 8.56. The Balaban J connectivity index is 1.63. The standard InChI is InChI=1S/C23H26N4O3/c1-14(24-22(29)30-23(2,3)4)21(28)27-18-12-8-5-9-15(18)13-19(27)20-25-16-10-6-7-11-17(16)26-20/h5-12,14,19H,13H2,1-4H3,(H,24,29)(H,25,26). The zero-order valence-electron chi connectivity index (χ0n) is 17.6. The van der Waals surface area contributed by atoms with E-state index < -0.39 is 17.7 Å². The minimum absolute atomic E-state index is 0.212. The maximum absolute atomic E-state index is 13.4. The fraction of sp³-hybridized carbons (Fsp3) is 0.348. The van der Waals surface area contributed by atoms with Crippen molar-refractivity contribution in [2.24, 2.45) is 0 Å². The van der Waals surface area contributed by atoms with Crippen molar-refractivity contribution >= 4 is 28.7 Å². The molecular formula is C23H26N4O3. The zero-order valence-corrected chi connectivity index (χ0v) is 17.6. The molecule has 0 saturated carbocycles. The molecule has 2 heterocycles. The molecule has 2 unspecified atom stereocenters. The molecule has 3 aromatic rings. The van der Waals surface area contributed by atoms with Gasteiger partial charge >= 0.3 is 6.09 Å². The van der Waals surface area contributed by atoms with Gasteiger partial charge in [-0.15, -0.1) is 0 Å². The van der Waals surface area contributed by atoms with E-state index in [0.717, 1.165) is 28.1 Å². The molecule has 4 rings (SSSR count). The highest BCUT2D eigenvalue weighted by molar-refractivity contribution is 6.00. The van der Waals surface area contributed by atoms with Crippen molar-refractivity contribution in [3.05, 3.63) is 59.9 Å². The minimum atomic E-state index is -0.752. The number of H-pyrrole nitrogens is 1. The SMILES string of the molecule is CC(NC(=O)OC(C)(C)C)C(=O)N1c2ccccc2CC1c1nc2ccccc2[nH]1. The summed E-state index contributed by atoms with van der Waals surface area (Å²) < 4.78 is 5.30. The van der Waals surface area contributed by atoms with Crippen LogP contribution in [-0.2, 0) is 16.0 Å². The van der Waals surface area contributed by atoms with Crippen LogP contribution >= 0.6 is 0 Å². The Kier molecular flexibility index (Phi) is 4.97. The van der Waals surface area contributed by atoms with E-state index in [9.17, 15) is 9.59 Å². The Morgan fingerprint density at radius 3 is 2.60 bits per heavy atom. The summed E-state index contributed by atoms with van der Waals surface area (Å²) in [5, 5.41) is 2.66. The van der Waals surface area contributed by atoms with Crippen molar-refractivity contribution in [2.75, 3.05) is 4.90 Å². The van der Waals surface area contributed by atoms with Crippen molar-refractivity contribution in [3.8, 4) is 0 Å². The van der Waals surface area contributed by atoms with Gasteiger partial charge in [0.2, 0.25) is 5.91 Å². The van der Waals surface area contributed by atoms with Gasteiger partial charge in [-0.2, -0.15) is 0 Å². The topological polar surface area (TPSA) is 87.3 Å². The molecule has 0 bridgehead atoms. The fourth-order valence-electron chi connectivity index (χ4n) is 3.76. The molecular weight excluding hydrogens is 380 g/mol. The van der Waals surface area contributed by atoms with Crippen molar-refractivity contribution in [3.63, 3.8) is 0 Å². The molecule has 0 aliphatic carbocycles. The van der Waals surface area contributed by atoms with Gasteiger partial charge in [-0.3, -0.25) is 9.69 Å². The van der Waals surface area contributed by atoms with Crippen molar-refractivity contribution in [2.45, 2.75) is 51.8 Å². The number of fused-ring (bicyclic) bond motifs is 2. The third-order valence-corrected chi connectivity index (χ3v) is 5.04. The molecule has 0 saturated heterocycles. The van der Waals surface area contributed by atoms with Gasteiger partial charge in [0, 0.05) is 12.1 Å². The number of alkyl carbamates (subject to hydrolysis) is 1. The van der Waals surface area contributed by atoms with Crippen LogP contribution in [0.3, 0.4) is 0 Å². The molecule has 1 aromatic heterocycles. The lowest BCUT2D eigenvalue weighted by molar-refractivity contribution is -0.120. The number of para-hydroxylation sites is 3. The molecule has 1 aliphatic heterocycles. The van der Waals surface area contributed by atoms with Gasteiger partial charge in [0.15, 0.2) is 0 Å². The number of imidazole rings is 1. The normalized spacial score (nSPS) is 16.9. The lowest BCUT2D eigenvalue weighted by Gasteiger charge is -2.28. The average Bonchev–Trinajstić information content (AvgIpc) is 3.27. The van der Waals surface area contributed by atoms with Gasteiger partial charge in [0.1, 0.15) is 17.5 Å². The number of aromatic nitrogens is 2. The first-order valence-corrected chi connectivity index (χ1v) is 10.1. The lowest BCUT2D eigenvalue weighted by Crippen LogP contribution is -2.48. The van der Waals surface area contributed by atoms with E-state index in [1.165, 1.54) is 0 Å². The Morgan fingerprint density at radius 2 is 1.87 bits per heavy atom. The molecule has 30 heavy (non-hydrogen) atoms. The van der Waals surface area contributed by atoms with E-state index >= 15 is 0 Å². The molecule has 0 spiro atoms. The van der Waals surface area contributed by atoms with Crippen molar-refractivity contribution in [1.29, 1.82) is 0 Å². The number of rotatable bonds is 3. The smallest absolute Gasteiger partial charge is 0.408 e. The van der Waals surface area contributed by atoms with E-state index in [1.807, 2.05) is 48.5 Å². The molecule has 2 amide bonds. The fourth-order valence-corrected chi connectivity index (χ4v) is 3.76. The molecule has 0 radical (unpaired) electrons. The highest BCUT2D eigenvalue weighted by atomic mass is 16.6. The largest absolute Gasteiger partial charge is 0.444 e. The summed E-state index contributed by atoms with van der Waals surface area (Å²) in [5.74, 6) is 0.515. The second kappa shape index (κ2) is 7.48. The van der Waals surface area contributed by atoms with Crippen LogP contribution in [0, 0.1) is 0 Å². The maximum Gasteiger partial charge on any atom is 0.408 e. The van der Waals surface area contributed by atoms with Crippen molar-refractivity contribution < 1.29 is 14.3 Å². The second-order valence-corrected chi connectivity index (χ2v) is 8.56. The third kappa shape index (κ3) is 3.87. The van der Waals surface area contributed by atoms with Crippen LogP contribution < -0.4 is 10.2 Å². The van der Waals surface area contributed by atoms with E-state index in [2.05, 4.69) is 10.3 Å². The number of carbonyl (C=O) groups is 2. The Labute approximate surface area is 175 Å². The predicted molar refractivity (Wildman–Crippen MR) is 115 cm³/mol. The van der Waals surface area contributed by atoms with Gasteiger partial charge in [-0.1, -0.05) is 30.3 Å². The number of carbonyl (C=O) groups excluding carboxylic acids is 2. The first-order valence-electron chi connectivity index (χ1n) is 10.1. The van der Waals surface area contributed by atoms with Crippen LogP contribution in [0.25, 0.3) is 11.0 Å². The van der Waals surface area contributed by atoms with E-state index in [-0.39, 0.29) is 11.9 Å². The number of ether oxygens (including phenoxy) is 1. The number of hydrogen-bond donors (Lipinski definition) is 2. The van der Waals surface area contributed by atoms with E-state index in [4.69, 9.17) is 9.72 Å². The molecule has 1 aliphatic rings. The minimum Gasteiger partial charge on any atom is -0.444 e. The first-order chi connectivity index (χ1) is 14.2. The molecule has 156 valence electrons. The quantitative estimate of drug-likeness (QED) is 0.685. The van der Waals surface area contributed by atoms with Gasteiger partial charge in [0.25, 0.3) is 0 Å². The van der Waals surface area contributed by atoms with Gasteiger partial charge in [-0.25, -0.2) is 9.78 Å². The third-order valence-electron chi connectivity index (χ3n) is 5.04. The highest BCUT2D eigenvalue weighted by Gasteiger charge is 2.38. The number of anilines is 1. The lowest BCUT2D eigenvalue weighted by atomic mass is 10.1. The maximum atomic E-state index is 13.4. The summed E-state index contributed by atoms with van der Waals surface area (Å²) in [6.07, 6.45) is 0.0390. The van der Waals surface area contributed by atoms with Crippen LogP contribution in [0.4, 0.5) is 10.5 Å². The van der Waals surface area contributed by atoms with E-state index in [1.54, 1.807) is 32.6 Å². The molecule has 7 nitrogen and oxygen atoms in total. The van der Waals surface area contributed by atoms with Crippen LogP contribution in [0.2, 0.25) is 0 Å². The molecule has 7 heteroatoms. The number of nitrogens with one attached hydrogen (secondary N) is 2. The number of amides is 2. The zero-order chi connectivity index (χ0) is 21.5. The summed E-state index contributed by atoms with van der Waals surface area (Å²) in [7, 11) is 0. The predicted octanol–water partition coefficient (Wildman–Crippen LogP) is 4.11. The highest BCUT2D eigenvalue weighted by Crippen LogP contribution is 2.40. The number of hydrogen-bond acceptors (Lipinski definition) is 4. The van der Waals surface area contributed by atoms with Crippen LogP contribution in [0.5, 0.6) is 0 Å². The number of benzene rings is 2. The van der Waals surface area contributed by atoms with Gasteiger partial charge in [0.05, 0.1) is 17.1 Å². The van der Waals surface area contributed by atoms with Crippen molar-refractivity contribution in [1.82, 2.24) is 15.3 Å². The van der Waals surface area contributed by atoms with E-state index in [0.29, 0.717) is 6.42 Å². The molecule has 2 N–H and O–H groups in total. The Hall–Kier alpha value is -3.35. The Bertz CT molecular complexity index is 1070. The van der Waals surface area contributed by atoms with Crippen LogP contribution in [0.1, 0.15) is 45.1 Å². The summed E-state index contributed by atoms with van der Waals surface area (Å²) >= 11 is 0. The van der Waals surface area contributed by atoms with Crippen LogP contribution in [0.15, 0.2) is 48.5 Å². The molecule has 2 atom stereocenters. The van der Waals surface area contributed by atoms with Gasteiger partial charge in [-0.05, 0) is 51.5 Å². The monoisotopic (exact) mass is 406 g/mol. The summed E-state index contributed by atoms with van der Waals surface area (Å²) in [6, 6.07) is 14.6. The number of nitrogens with zero attached hydrogens (tertiary/aromatic N) is 2. The average molecular weight is 406 g/mol. The molecule has 0 fully saturated rings. The summed E-state index contributed by atoms with van der Waals surface area (Å²) in [4.78, 5) is 35.4. The van der Waals surface area contributed by atoms with Gasteiger partial charge < -0.3 is 15.0 Å². The summed E-state index contributed by atoms with van der Waals surface area (Å²) in [6.45, 7) is 7.02. The Morgan fingerprint density at radius 1 is 1.17 bits per heavy atom. The first kappa shape index (κ1) is 19.9.